The number of amides is 2. The van der Waals surface area contributed by atoms with Crippen molar-refractivity contribution in [2.75, 3.05) is 5.32 Å². The fourth-order valence-electron chi connectivity index (χ4n) is 1.89. The molecule has 0 atom stereocenters. The van der Waals surface area contributed by atoms with Crippen molar-refractivity contribution in [3.63, 3.8) is 0 Å². The number of anilines is 1. The number of H-pyrrole nitrogens is 1. The minimum absolute atomic E-state index is 0.244. The van der Waals surface area contributed by atoms with Crippen molar-refractivity contribution >= 4 is 23.1 Å². The minimum atomic E-state index is -0.244. The van der Waals surface area contributed by atoms with Gasteiger partial charge in [0.15, 0.2) is 0 Å². The predicted molar refractivity (Wildman–Crippen MR) is 84.2 cm³/mol. The van der Waals surface area contributed by atoms with Crippen LogP contribution in [0.5, 0.6) is 0 Å². The van der Waals surface area contributed by atoms with Crippen molar-refractivity contribution in [2.45, 2.75) is 6.54 Å². The van der Waals surface area contributed by atoms with Crippen molar-refractivity contribution in [3.8, 4) is 11.3 Å². The summed E-state index contributed by atoms with van der Waals surface area (Å²) in [6, 6.07) is 11.5. The van der Waals surface area contributed by atoms with E-state index in [-0.39, 0.29) is 6.03 Å². The summed E-state index contributed by atoms with van der Waals surface area (Å²) in [7, 11) is 0. The molecule has 0 bridgehead atoms. The van der Waals surface area contributed by atoms with Gasteiger partial charge in [-0.3, -0.25) is 0 Å². The van der Waals surface area contributed by atoms with E-state index in [2.05, 4.69) is 20.6 Å². The first-order valence-corrected chi connectivity index (χ1v) is 7.42. The van der Waals surface area contributed by atoms with E-state index in [0.29, 0.717) is 12.4 Å². The van der Waals surface area contributed by atoms with Gasteiger partial charge in [0.25, 0.3) is 0 Å². The van der Waals surface area contributed by atoms with Crippen LogP contribution in [0.2, 0.25) is 0 Å². The standard InChI is InChI=1S/C15H14N4OS/c20-15(18-12-6-7-21-10-12)17-9-14-16-8-13(19-14)11-4-2-1-3-5-11/h1-8,10H,9H2,(H,16,19)(H2,17,18,20). The highest BCUT2D eigenvalue weighted by Gasteiger charge is 2.05. The van der Waals surface area contributed by atoms with Gasteiger partial charge in [0.1, 0.15) is 5.82 Å². The van der Waals surface area contributed by atoms with Crippen molar-refractivity contribution in [2.24, 2.45) is 0 Å². The van der Waals surface area contributed by atoms with Gasteiger partial charge in [0.05, 0.1) is 24.1 Å². The highest BCUT2D eigenvalue weighted by atomic mass is 32.1. The molecule has 5 nitrogen and oxygen atoms in total. The number of hydrogen-bond donors (Lipinski definition) is 3. The molecule has 2 amide bonds. The van der Waals surface area contributed by atoms with E-state index in [9.17, 15) is 4.79 Å². The van der Waals surface area contributed by atoms with Gasteiger partial charge >= 0.3 is 6.03 Å². The summed E-state index contributed by atoms with van der Waals surface area (Å²) in [5.74, 6) is 0.717. The van der Waals surface area contributed by atoms with E-state index in [0.717, 1.165) is 16.9 Å². The number of thiophene rings is 1. The first-order valence-electron chi connectivity index (χ1n) is 6.47. The molecule has 106 valence electrons. The molecule has 0 saturated heterocycles. The molecule has 0 aliphatic carbocycles. The monoisotopic (exact) mass is 298 g/mol. The average molecular weight is 298 g/mol. The molecule has 0 saturated carbocycles. The fraction of sp³-hybridized carbons (Fsp3) is 0.0667. The molecule has 0 aliphatic heterocycles. The van der Waals surface area contributed by atoms with Crippen molar-refractivity contribution in [1.82, 2.24) is 15.3 Å². The number of aromatic nitrogens is 2. The number of carbonyl (C=O) groups is 1. The molecular weight excluding hydrogens is 284 g/mol. The molecule has 0 spiro atoms. The Bertz CT molecular complexity index is 706. The Hall–Kier alpha value is -2.60. The summed E-state index contributed by atoms with van der Waals surface area (Å²) in [5.41, 5.74) is 2.80. The van der Waals surface area contributed by atoms with Crippen LogP contribution >= 0.6 is 11.3 Å². The predicted octanol–water partition coefficient (Wildman–Crippen LogP) is 3.46. The summed E-state index contributed by atoms with van der Waals surface area (Å²) in [4.78, 5) is 19.2. The third-order valence-corrected chi connectivity index (χ3v) is 3.59. The molecule has 0 fully saturated rings. The molecule has 0 aliphatic rings. The first kappa shape index (κ1) is 13.4. The summed E-state index contributed by atoms with van der Waals surface area (Å²) in [5, 5.41) is 9.30. The topological polar surface area (TPSA) is 69.8 Å². The number of nitrogens with zero attached hydrogens (tertiary/aromatic N) is 1. The van der Waals surface area contributed by atoms with Crippen LogP contribution in [0, 0.1) is 0 Å². The molecule has 3 rings (SSSR count). The second-order valence-corrected chi connectivity index (χ2v) is 5.21. The highest BCUT2D eigenvalue weighted by Crippen LogP contribution is 2.16. The van der Waals surface area contributed by atoms with Crippen LogP contribution in [0.4, 0.5) is 10.5 Å². The van der Waals surface area contributed by atoms with Crippen molar-refractivity contribution in [1.29, 1.82) is 0 Å². The zero-order valence-corrected chi connectivity index (χ0v) is 12.0. The van der Waals surface area contributed by atoms with Crippen LogP contribution in [0.25, 0.3) is 11.3 Å². The van der Waals surface area contributed by atoms with Crippen LogP contribution in [-0.2, 0) is 6.54 Å². The Kier molecular flexibility index (Phi) is 3.97. The van der Waals surface area contributed by atoms with Gasteiger partial charge in [-0.25, -0.2) is 9.78 Å². The summed E-state index contributed by atoms with van der Waals surface area (Å²) in [6.45, 7) is 0.350. The quantitative estimate of drug-likeness (QED) is 0.690. The van der Waals surface area contributed by atoms with Crippen molar-refractivity contribution < 1.29 is 4.79 Å². The van der Waals surface area contributed by atoms with E-state index < -0.39 is 0 Å². The maximum Gasteiger partial charge on any atom is 0.319 e. The zero-order chi connectivity index (χ0) is 14.5. The van der Waals surface area contributed by atoms with Crippen LogP contribution in [0.15, 0.2) is 53.4 Å². The molecule has 6 heteroatoms. The van der Waals surface area contributed by atoms with Crippen LogP contribution in [0.3, 0.4) is 0 Å². The molecule has 2 aromatic heterocycles. The zero-order valence-electron chi connectivity index (χ0n) is 11.2. The summed E-state index contributed by atoms with van der Waals surface area (Å²) < 4.78 is 0. The van der Waals surface area contributed by atoms with E-state index >= 15 is 0 Å². The van der Waals surface area contributed by atoms with Gasteiger partial charge in [-0.2, -0.15) is 11.3 Å². The third-order valence-electron chi connectivity index (χ3n) is 2.91. The lowest BCUT2D eigenvalue weighted by atomic mass is 10.2. The average Bonchev–Trinajstić information content (AvgIpc) is 3.17. The lowest BCUT2D eigenvalue weighted by Gasteiger charge is -2.04. The Morgan fingerprint density at radius 1 is 1.24 bits per heavy atom. The van der Waals surface area contributed by atoms with Crippen LogP contribution in [-0.4, -0.2) is 16.0 Å². The highest BCUT2D eigenvalue weighted by molar-refractivity contribution is 7.08. The van der Waals surface area contributed by atoms with Gasteiger partial charge < -0.3 is 15.6 Å². The number of benzene rings is 1. The molecule has 1 aromatic carbocycles. The lowest BCUT2D eigenvalue weighted by Crippen LogP contribution is -2.28. The van der Waals surface area contributed by atoms with Gasteiger partial charge in [-0.1, -0.05) is 30.3 Å². The van der Waals surface area contributed by atoms with E-state index in [1.54, 1.807) is 6.20 Å². The Labute approximate surface area is 126 Å². The lowest BCUT2D eigenvalue weighted by molar-refractivity contribution is 0.251. The minimum Gasteiger partial charge on any atom is -0.341 e. The third kappa shape index (κ3) is 3.49. The van der Waals surface area contributed by atoms with Gasteiger partial charge in [0, 0.05) is 5.38 Å². The van der Waals surface area contributed by atoms with Crippen LogP contribution < -0.4 is 10.6 Å². The second kappa shape index (κ2) is 6.23. The van der Waals surface area contributed by atoms with E-state index in [1.807, 2.05) is 47.2 Å². The summed E-state index contributed by atoms with van der Waals surface area (Å²) in [6.07, 6.45) is 1.77. The Morgan fingerprint density at radius 2 is 2.10 bits per heavy atom. The molecule has 0 radical (unpaired) electrons. The van der Waals surface area contributed by atoms with Crippen molar-refractivity contribution in [3.05, 3.63) is 59.2 Å². The first-order chi connectivity index (χ1) is 10.3. The Balaban J connectivity index is 1.56. The fourth-order valence-corrected chi connectivity index (χ4v) is 2.48. The number of rotatable bonds is 4. The maximum absolute atomic E-state index is 11.7. The largest absolute Gasteiger partial charge is 0.341 e. The number of aromatic amines is 1. The molecule has 2 heterocycles. The van der Waals surface area contributed by atoms with E-state index in [4.69, 9.17) is 0 Å². The second-order valence-electron chi connectivity index (χ2n) is 4.43. The molecule has 0 unspecified atom stereocenters. The molecule has 3 N–H and O–H groups in total. The van der Waals surface area contributed by atoms with Gasteiger partial charge in [-0.15, -0.1) is 0 Å². The molecule has 21 heavy (non-hydrogen) atoms. The molecule has 3 aromatic rings. The number of nitrogens with one attached hydrogen (secondary N) is 3. The van der Waals surface area contributed by atoms with Gasteiger partial charge in [-0.05, 0) is 17.0 Å². The van der Waals surface area contributed by atoms with Crippen LogP contribution in [0.1, 0.15) is 5.82 Å². The maximum atomic E-state index is 11.7. The number of hydrogen-bond acceptors (Lipinski definition) is 3. The van der Waals surface area contributed by atoms with Gasteiger partial charge in [0.2, 0.25) is 0 Å². The smallest absolute Gasteiger partial charge is 0.319 e. The normalized spacial score (nSPS) is 10.3. The number of carbonyl (C=O) groups excluding carboxylic acids is 1. The number of urea groups is 1. The Morgan fingerprint density at radius 3 is 2.86 bits per heavy atom. The molecular formula is C15H14N4OS. The SMILES string of the molecule is O=C(NCc1ncc(-c2ccccc2)[nH]1)Nc1ccsc1. The number of imidazole rings is 1. The summed E-state index contributed by atoms with van der Waals surface area (Å²) >= 11 is 1.54. The van der Waals surface area contributed by atoms with E-state index in [1.165, 1.54) is 11.3 Å².